The number of hydrogen-bond acceptors (Lipinski definition) is 2. The van der Waals surface area contributed by atoms with E-state index < -0.39 is 16.2 Å². The van der Waals surface area contributed by atoms with E-state index in [2.05, 4.69) is 390 Å². The minimum atomic E-state index is -0.760. The highest BCUT2D eigenvalue weighted by molar-refractivity contribution is 7.00. The van der Waals surface area contributed by atoms with Crippen molar-refractivity contribution in [1.29, 1.82) is 0 Å². The van der Waals surface area contributed by atoms with E-state index >= 15 is 0 Å². The molecule has 6 aliphatic carbocycles. The normalized spacial score (nSPS) is 15.0. The first kappa shape index (κ1) is 58.5. The van der Waals surface area contributed by atoms with Gasteiger partial charge in [-0.2, -0.15) is 0 Å². The summed E-state index contributed by atoms with van der Waals surface area (Å²) in [5, 5.41) is 2.43. The molecular formula is C105H62BN3. The Hall–Kier alpha value is -13.8. The van der Waals surface area contributed by atoms with Gasteiger partial charge >= 0.3 is 0 Å². The SMILES string of the molecule is c1ccc(-c2ccc(N3c4cc(-n5c6ccccc6c6ccccc65)cc5c4B(c4ccc6c(c43)C3(c4ccccc4-c4ccccc43)c3ccccc3-6)c3ccc4c(c3N5c3cccc5c3C3(c6ccccc6-c6ccccc63)c3ccccc3-5)C3(c5ccccc5-c5ccccc53)c3ccccc3-4)cc2)cc1. The van der Waals surface area contributed by atoms with Crippen molar-refractivity contribution in [3.05, 3.63) is 443 Å². The van der Waals surface area contributed by atoms with Gasteiger partial charge in [-0.15, -0.1) is 0 Å². The molecule has 2 aliphatic heterocycles. The van der Waals surface area contributed by atoms with Crippen LogP contribution in [0.4, 0.5) is 34.1 Å². The molecule has 18 aromatic rings. The lowest BCUT2D eigenvalue weighted by atomic mass is 9.32. The van der Waals surface area contributed by atoms with Gasteiger partial charge in [0.05, 0.1) is 38.7 Å². The lowest BCUT2D eigenvalue weighted by Crippen LogP contribution is -2.62. The molecule has 0 saturated carbocycles. The Kier molecular flexibility index (Phi) is 11.2. The number of rotatable bonds is 4. The predicted octanol–water partition coefficient (Wildman–Crippen LogP) is 23.6. The summed E-state index contributed by atoms with van der Waals surface area (Å²) in [6.45, 7) is -0.315. The van der Waals surface area contributed by atoms with Crippen LogP contribution in [0.15, 0.2) is 376 Å². The summed E-state index contributed by atoms with van der Waals surface area (Å²) in [5.74, 6) is 0. The molecule has 0 unspecified atom stereocenters. The fraction of sp³-hybridized carbons (Fsp3) is 0.0286. The third-order valence-corrected chi connectivity index (χ3v) is 26.6. The number of para-hydroxylation sites is 2. The molecule has 500 valence electrons. The maximum absolute atomic E-state index is 2.88. The van der Waals surface area contributed by atoms with Crippen LogP contribution in [0, 0.1) is 0 Å². The number of aromatic nitrogens is 1. The van der Waals surface area contributed by atoms with Crippen LogP contribution in [0.5, 0.6) is 0 Å². The molecule has 3 heterocycles. The summed E-state index contributed by atoms with van der Waals surface area (Å²) in [7, 11) is 0. The number of fused-ring (bicyclic) bond motifs is 39. The monoisotopic (exact) mass is 1380 g/mol. The third kappa shape index (κ3) is 6.88. The molecule has 1 aromatic heterocycles. The summed E-state index contributed by atoms with van der Waals surface area (Å²) in [6.07, 6.45) is 0. The molecule has 0 bridgehead atoms. The molecule has 26 rings (SSSR count). The van der Waals surface area contributed by atoms with Gasteiger partial charge < -0.3 is 14.4 Å². The van der Waals surface area contributed by atoms with E-state index in [1.165, 1.54) is 183 Å². The minimum absolute atomic E-state index is 0.315. The van der Waals surface area contributed by atoms with E-state index in [1.54, 1.807) is 0 Å². The fourth-order valence-corrected chi connectivity index (χ4v) is 22.9. The van der Waals surface area contributed by atoms with Gasteiger partial charge in [-0.25, -0.2) is 0 Å². The van der Waals surface area contributed by atoms with Crippen molar-refractivity contribution < 1.29 is 0 Å². The van der Waals surface area contributed by atoms with Crippen LogP contribution in [-0.2, 0) is 16.2 Å². The largest absolute Gasteiger partial charge is 0.311 e. The average Bonchev–Trinajstić information content (AvgIpc) is 1.60. The average molecular weight is 1380 g/mol. The Morgan fingerprint density at radius 2 is 0.523 bits per heavy atom. The van der Waals surface area contributed by atoms with Gasteiger partial charge in [0.1, 0.15) is 0 Å². The zero-order chi connectivity index (χ0) is 70.7. The van der Waals surface area contributed by atoms with Gasteiger partial charge in [0.25, 0.3) is 6.71 Å². The summed E-state index contributed by atoms with van der Waals surface area (Å²) in [6, 6.07) is 146. The van der Waals surface area contributed by atoms with Crippen LogP contribution in [0.3, 0.4) is 0 Å². The van der Waals surface area contributed by atoms with Gasteiger partial charge in [0.15, 0.2) is 0 Å². The first-order chi connectivity index (χ1) is 54.1. The van der Waals surface area contributed by atoms with Crippen LogP contribution in [0.1, 0.15) is 66.8 Å². The smallest absolute Gasteiger partial charge is 0.252 e. The standard InChI is InChI=1S/C105H62BN3/c1-2-27-63(28-3-1)64-53-55-65(56-54-64)108-95-61-66(107-92-50-24-13-38-76(92)77-39-14-25-51-93(77)107)62-96-100(95)106(90-59-57-79-74-36-11-22-48-88(74)104(98(79)101(90)108)83-43-17-6-31-69(83)70-32-7-18-44-84(70)104)91-60-58-80-75-37-12-23-49-89(75)105(85-45-19-8-33-71(85)72-34-9-20-46-86(72)105)99(80)102(91)109(96)94-52-26-40-78-73-35-10-21-47-87(73)103(97(78)94)81-41-15-4-29-67(81)68-30-5-16-42-82(68)103/h1-62H. The molecule has 0 saturated heterocycles. The first-order valence-corrected chi connectivity index (χ1v) is 38.4. The van der Waals surface area contributed by atoms with Crippen molar-refractivity contribution in [3.8, 4) is 83.6 Å². The number of hydrogen-bond donors (Lipinski definition) is 0. The second kappa shape index (κ2) is 20.8. The van der Waals surface area contributed by atoms with E-state index in [9.17, 15) is 0 Å². The van der Waals surface area contributed by atoms with Crippen molar-refractivity contribution in [2.45, 2.75) is 16.2 Å². The zero-order valence-electron chi connectivity index (χ0n) is 59.2. The summed E-state index contributed by atoms with van der Waals surface area (Å²) >= 11 is 0. The van der Waals surface area contributed by atoms with Crippen LogP contribution in [0.2, 0.25) is 0 Å². The number of benzene rings is 17. The quantitative estimate of drug-likeness (QED) is 0.163. The van der Waals surface area contributed by atoms with E-state index in [1.807, 2.05) is 0 Å². The summed E-state index contributed by atoms with van der Waals surface area (Å²) in [4.78, 5) is 5.64. The molecule has 109 heavy (non-hydrogen) atoms. The molecule has 3 spiro atoms. The second-order valence-corrected chi connectivity index (χ2v) is 31.0. The zero-order valence-corrected chi connectivity index (χ0v) is 59.2. The molecule has 17 aromatic carbocycles. The van der Waals surface area contributed by atoms with Gasteiger partial charge in [0, 0.05) is 55.9 Å². The fourth-order valence-electron chi connectivity index (χ4n) is 22.9. The van der Waals surface area contributed by atoms with E-state index in [-0.39, 0.29) is 6.71 Å². The van der Waals surface area contributed by atoms with Crippen molar-refractivity contribution in [3.63, 3.8) is 0 Å². The molecule has 0 atom stereocenters. The third-order valence-electron chi connectivity index (χ3n) is 26.6. The van der Waals surface area contributed by atoms with Gasteiger partial charge in [-0.3, -0.25) is 0 Å². The van der Waals surface area contributed by atoms with Crippen LogP contribution >= 0.6 is 0 Å². The Morgan fingerprint density at radius 1 is 0.211 bits per heavy atom. The number of nitrogens with zero attached hydrogens (tertiary/aromatic N) is 3. The van der Waals surface area contributed by atoms with E-state index in [0.717, 1.165) is 39.5 Å². The molecule has 8 aliphatic rings. The Labute approximate surface area is 631 Å². The molecule has 0 fully saturated rings. The van der Waals surface area contributed by atoms with E-state index in [0.29, 0.717) is 0 Å². The predicted molar refractivity (Wildman–Crippen MR) is 449 cm³/mol. The molecular weight excluding hydrogens is 1310 g/mol. The van der Waals surface area contributed by atoms with Crippen molar-refractivity contribution in [2.24, 2.45) is 0 Å². The first-order valence-electron chi connectivity index (χ1n) is 38.4. The summed E-state index contributed by atoms with van der Waals surface area (Å²) < 4.78 is 2.60. The molecule has 0 N–H and O–H groups in total. The van der Waals surface area contributed by atoms with Gasteiger partial charge in [0.2, 0.25) is 0 Å². The van der Waals surface area contributed by atoms with Gasteiger partial charge in [-0.05, 0) is 187 Å². The second-order valence-electron chi connectivity index (χ2n) is 31.0. The molecule has 3 nitrogen and oxygen atoms in total. The molecule has 0 amide bonds. The van der Waals surface area contributed by atoms with Crippen LogP contribution in [-0.4, -0.2) is 11.3 Å². The highest BCUT2D eigenvalue weighted by atomic mass is 15.2. The highest BCUT2D eigenvalue weighted by Gasteiger charge is 2.61. The van der Waals surface area contributed by atoms with Crippen molar-refractivity contribution >= 4 is 79.0 Å². The summed E-state index contributed by atoms with van der Waals surface area (Å²) in [5.41, 5.74) is 45.3. The maximum atomic E-state index is 2.88. The lowest BCUT2D eigenvalue weighted by Gasteiger charge is -2.48. The van der Waals surface area contributed by atoms with Crippen molar-refractivity contribution in [1.82, 2.24) is 4.57 Å². The van der Waals surface area contributed by atoms with Crippen LogP contribution < -0.4 is 26.2 Å². The van der Waals surface area contributed by atoms with Crippen LogP contribution in [0.25, 0.3) is 105 Å². The maximum Gasteiger partial charge on any atom is 0.252 e. The van der Waals surface area contributed by atoms with Gasteiger partial charge in [-0.1, -0.05) is 334 Å². The van der Waals surface area contributed by atoms with E-state index in [4.69, 9.17) is 0 Å². The topological polar surface area (TPSA) is 11.4 Å². The Balaban J connectivity index is 0.886. The minimum Gasteiger partial charge on any atom is -0.311 e. The number of anilines is 6. The lowest BCUT2D eigenvalue weighted by molar-refractivity contribution is 0.786. The highest BCUT2D eigenvalue weighted by Crippen LogP contribution is 2.71. The Morgan fingerprint density at radius 3 is 0.936 bits per heavy atom. The Bertz CT molecular complexity index is 6910. The molecule has 4 heteroatoms. The molecule has 0 radical (unpaired) electrons. The van der Waals surface area contributed by atoms with Crippen molar-refractivity contribution in [2.75, 3.05) is 9.80 Å².